The van der Waals surface area contributed by atoms with Gasteiger partial charge in [0.15, 0.2) is 5.76 Å². The molecular formula is C18H22N4O4S. The Morgan fingerprint density at radius 1 is 1.30 bits per heavy atom. The Balaban J connectivity index is 1.69. The van der Waals surface area contributed by atoms with Gasteiger partial charge in [0.1, 0.15) is 16.3 Å². The lowest BCUT2D eigenvalue weighted by atomic mass is 10.2. The number of hydrogen-bond donors (Lipinski definition) is 0. The second-order valence-electron chi connectivity index (χ2n) is 6.96. The molecule has 9 heteroatoms. The molecule has 1 aliphatic carbocycles. The molecule has 144 valence electrons. The Labute approximate surface area is 157 Å². The number of aromatic nitrogens is 3. The van der Waals surface area contributed by atoms with Crippen molar-refractivity contribution in [1.82, 2.24) is 19.2 Å². The van der Waals surface area contributed by atoms with Crippen LogP contribution in [0.5, 0.6) is 0 Å². The Kier molecular flexibility index (Phi) is 4.43. The van der Waals surface area contributed by atoms with Crippen LogP contribution < -0.4 is 0 Å². The molecule has 0 aromatic carbocycles. The van der Waals surface area contributed by atoms with Gasteiger partial charge < -0.3 is 8.94 Å². The minimum Gasteiger partial charge on any atom is -0.468 e. The van der Waals surface area contributed by atoms with Gasteiger partial charge in [-0.3, -0.25) is 4.68 Å². The van der Waals surface area contributed by atoms with E-state index in [1.54, 1.807) is 26.0 Å². The highest BCUT2D eigenvalue weighted by molar-refractivity contribution is 7.89. The van der Waals surface area contributed by atoms with Crippen LogP contribution in [0.4, 0.5) is 0 Å². The lowest BCUT2D eigenvalue weighted by Gasteiger charge is -2.20. The Hall–Kier alpha value is -2.39. The summed E-state index contributed by atoms with van der Waals surface area (Å²) in [5, 5.41) is 8.32. The fourth-order valence-electron chi connectivity index (χ4n) is 3.34. The lowest BCUT2D eigenvalue weighted by Crippen LogP contribution is -2.31. The first-order valence-electron chi connectivity index (χ1n) is 8.84. The number of hydrogen-bond acceptors (Lipinski definition) is 6. The normalized spacial score (nSPS) is 15.0. The van der Waals surface area contributed by atoms with E-state index < -0.39 is 10.0 Å². The largest absolute Gasteiger partial charge is 0.468 e. The zero-order chi connectivity index (χ0) is 19.2. The van der Waals surface area contributed by atoms with Crippen molar-refractivity contribution in [3.05, 3.63) is 53.1 Å². The summed E-state index contributed by atoms with van der Waals surface area (Å²) < 4.78 is 40.4. The molecule has 4 rings (SSSR count). The first kappa shape index (κ1) is 18.0. The number of sulfonamides is 1. The van der Waals surface area contributed by atoms with E-state index in [2.05, 4.69) is 10.3 Å². The Morgan fingerprint density at radius 3 is 2.67 bits per heavy atom. The lowest BCUT2D eigenvalue weighted by molar-refractivity contribution is 0.352. The maximum Gasteiger partial charge on any atom is 0.249 e. The standard InChI is InChI=1S/C18H22N4O4S/c1-12-18(13(2)26-20-12)27(23,24)22(11-16-5-4-8-25-16)10-15-9-17(14-6-7-14)21(3)19-15/h4-5,8-9,14H,6-7,10-11H2,1-3H3. The Morgan fingerprint density at radius 2 is 2.07 bits per heavy atom. The molecule has 3 aromatic rings. The van der Waals surface area contributed by atoms with Crippen molar-refractivity contribution in [2.75, 3.05) is 0 Å². The maximum atomic E-state index is 13.4. The van der Waals surface area contributed by atoms with Crippen LogP contribution in [0.25, 0.3) is 0 Å². The summed E-state index contributed by atoms with van der Waals surface area (Å²) in [5.74, 6) is 1.37. The van der Waals surface area contributed by atoms with Gasteiger partial charge in [-0.2, -0.15) is 9.40 Å². The number of aryl methyl sites for hydroxylation is 3. The van der Waals surface area contributed by atoms with Gasteiger partial charge >= 0.3 is 0 Å². The van der Waals surface area contributed by atoms with Crippen molar-refractivity contribution in [1.29, 1.82) is 0 Å². The Bertz CT molecular complexity index is 1030. The minimum atomic E-state index is -3.83. The maximum absolute atomic E-state index is 13.4. The molecule has 0 saturated heterocycles. The molecular weight excluding hydrogens is 368 g/mol. The molecule has 3 aromatic heterocycles. The van der Waals surface area contributed by atoms with Gasteiger partial charge in [-0.15, -0.1) is 0 Å². The van der Waals surface area contributed by atoms with E-state index in [4.69, 9.17) is 8.94 Å². The zero-order valence-corrected chi connectivity index (χ0v) is 16.4. The first-order chi connectivity index (χ1) is 12.9. The van der Waals surface area contributed by atoms with Crippen molar-refractivity contribution in [2.24, 2.45) is 7.05 Å². The van der Waals surface area contributed by atoms with Gasteiger partial charge in [-0.05, 0) is 44.9 Å². The van der Waals surface area contributed by atoms with Crippen LogP contribution in [0.3, 0.4) is 0 Å². The van der Waals surface area contributed by atoms with Crippen LogP contribution in [0, 0.1) is 13.8 Å². The molecule has 1 aliphatic rings. The van der Waals surface area contributed by atoms with Crippen LogP contribution in [-0.2, 0) is 30.2 Å². The van der Waals surface area contributed by atoms with E-state index in [1.165, 1.54) is 10.6 Å². The van der Waals surface area contributed by atoms with Gasteiger partial charge in [-0.1, -0.05) is 5.16 Å². The number of rotatable bonds is 7. The first-order valence-corrected chi connectivity index (χ1v) is 10.3. The average molecular weight is 390 g/mol. The van der Waals surface area contributed by atoms with Crippen molar-refractivity contribution in [3.63, 3.8) is 0 Å². The van der Waals surface area contributed by atoms with E-state index in [0.29, 0.717) is 23.1 Å². The van der Waals surface area contributed by atoms with Gasteiger partial charge in [0.05, 0.1) is 25.0 Å². The number of furan rings is 1. The van der Waals surface area contributed by atoms with Gasteiger partial charge in [-0.25, -0.2) is 8.42 Å². The average Bonchev–Trinajstić information content (AvgIpc) is 3.01. The second-order valence-corrected chi connectivity index (χ2v) is 8.84. The number of nitrogens with zero attached hydrogens (tertiary/aromatic N) is 4. The summed E-state index contributed by atoms with van der Waals surface area (Å²) in [6, 6.07) is 5.49. The third-order valence-corrected chi connectivity index (χ3v) is 6.82. The highest BCUT2D eigenvalue weighted by atomic mass is 32.2. The predicted molar refractivity (Wildman–Crippen MR) is 96.3 cm³/mol. The molecule has 27 heavy (non-hydrogen) atoms. The molecule has 0 unspecified atom stereocenters. The fraction of sp³-hybridized carbons (Fsp3) is 0.444. The van der Waals surface area contributed by atoms with E-state index >= 15 is 0 Å². The molecule has 0 amide bonds. The highest BCUT2D eigenvalue weighted by Crippen LogP contribution is 2.40. The third-order valence-electron chi connectivity index (χ3n) is 4.78. The van der Waals surface area contributed by atoms with Gasteiger partial charge in [0.25, 0.3) is 0 Å². The third kappa shape index (κ3) is 3.44. The van der Waals surface area contributed by atoms with Crippen molar-refractivity contribution < 1.29 is 17.4 Å². The summed E-state index contributed by atoms with van der Waals surface area (Å²) in [5.41, 5.74) is 2.20. The molecule has 1 fully saturated rings. The molecule has 0 aliphatic heterocycles. The van der Waals surface area contributed by atoms with E-state index in [1.807, 2.05) is 17.8 Å². The van der Waals surface area contributed by atoms with Gasteiger partial charge in [0, 0.05) is 18.7 Å². The zero-order valence-electron chi connectivity index (χ0n) is 15.5. The molecule has 0 radical (unpaired) electrons. The summed E-state index contributed by atoms with van der Waals surface area (Å²) in [6.45, 7) is 3.48. The molecule has 0 bridgehead atoms. The fourth-order valence-corrected chi connectivity index (χ4v) is 5.01. The second kappa shape index (κ2) is 6.65. The molecule has 0 spiro atoms. The molecule has 0 atom stereocenters. The van der Waals surface area contributed by atoms with Gasteiger partial charge in [0.2, 0.25) is 10.0 Å². The minimum absolute atomic E-state index is 0.104. The van der Waals surface area contributed by atoms with Crippen LogP contribution >= 0.6 is 0 Å². The van der Waals surface area contributed by atoms with Crippen molar-refractivity contribution in [2.45, 2.75) is 50.6 Å². The SMILES string of the molecule is Cc1noc(C)c1S(=O)(=O)N(Cc1cc(C2CC2)n(C)n1)Cc1ccco1. The molecule has 8 nitrogen and oxygen atoms in total. The van der Waals surface area contributed by atoms with Crippen LogP contribution in [0.1, 0.15) is 47.4 Å². The smallest absolute Gasteiger partial charge is 0.249 e. The summed E-state index contributed by atoms with van der Waals surface area (Å²) in [6.07, 6.45) is 3.85. The quantitative estimate of drug-likeness (QED) is 0.616. The van der Waals surface area contributed by atoms with Crippen molar-refractivity contribution >= 4 is 10.0 Å². The van der Waals surface area contributed by atoms with E-state index in [0.717, 1.165) is 18.5 Å². The van der Waals surface area contributed by atoms with Crippen LogP contribution in [0.15, 0.2) is 38.3 Å². The van der Waals surface area contributed by atoms with E-state index in [-0.39, 0.29) is 23.7 Å². The molecule has 1 saturated carbocycles. The molecule has 3 heterocycles. The summed E-state index contributed by atoms with van der Waals surface area (Å²) in [4.78, 5) is 0.104. The monoisotopic (exact) mass is 390 g/mol. The topological polar surface area (TPSA) is 94.4 Å². The highest BCUT2D eigenvalue weighted by Gasteiger charge is 2.33. The van der Waals surface area contributed by atoms with Crippen LogP contribution in [-0.4, -0.2) is 27.7 Å². The van der Waals surface area contributed by atoms with Crippen LogP contribution in [0.2, 0.25) is 0 Å². The van der Waals surface area contributed by atoms with Crippen molar-refractivity contribution in [3.8, 4) is 0 Å². The summed E-state index contributed by atoms with van der Waals surface area (Å²) in [7, 11) is -1.93. The predicted octanol–water partition coefficient (Wildman–Crippen LogP) is 2.89. The molecule has 0 N–H and O–H groups in total. The van der Waals surface area contributed by atoms with E-state index in [9.17, 15) is 8.42 Å². The summed E-state index contributed by atoms with van der Waals surface area (Å²) >= 11 is 0.